The van der Waals surface area contributed by atoms with E-state index < -0.39 is 0 Å². The Bertz CT molecular complexity index is 953. The van der Waals surface area contributed by atoms with E-state index in [0.717, 1.165) is 29.9 Å². The number of nitrogens with one attached hydrogen (secondary N) is 1. The summed E-state index contributed by atoms with van der Waals surface area (Å²) in [6, 6.07) is 15.6. The monoisotopic (exact) mass is 389 g/mol. The van der Waals surface area contributed by atoms with Crippen molar-refractivity contribution < 1.29 is 9.59 Å². The number of benzene rings is 2. The molecule has 2 aromatic rings. The molecule has 0 atom stereocenters. The predicted octanol–water partition coefficient (Wildman–Crippen LogP) is 4.20. The largest absolute Gasteiger partial charge is 0.372 e. The van der Waals surface area contributed by atoms with Gasteiger partial charge in [-0.05, 0) is 63.4 Å². The highest BCUT2D eigenvalue weighted by Crippen LogP contribution is 2.32. The number of aryl methyl sites for hydroxylation is 1. The summed E-state index contributed by atoms with van der Waals surface area (Å²) in [7, 11) is 0. The van der Waals surface area contributed by atoms with Gasteiger partial charge in [0.2, 0.25) is 0 Å². The van der Waals surface area contributed by atoms with Gasteiger partial charge in [-0.2, -0.15) is 0 Å². The third-order valence-electron chi connectivity index (χ3n) is 5.58. The maximum Gasteiger partial charge on any atom is 0.278 e. The van der Waals surface area contributed by atoms with Crippen molar-refractivity contribution >= 4 is 28.8 Å². The highest BCUT2D eigenvalue weighted by atomic mass is 16.2. The van der Waals surface area contributed by atoms with Gasteiger partial charge in [0.1, 0.15) is 5.70 Å². The van der Waals surface area contributed by atoms with Crippen LogP contribution in [-0.4, -0.2) is 35.8 Å². The molecular formula is C24H27N3O2. The summed E-state index contributed by atoms with van der Waals surface area (Å²) >= 11 is 0. The van der Waals surface area contributed by atoms with Crippen molar-refractivity contribution in [2.75, 3.05) is 23.3 Å². The van der Waals surface area contributed by atoms with Crippen LogP contribution in [0.15, 0.2) is 54.2 Å². The van der Waals surface area contributed by atoms with Crippen molar-refractivity contribution in [1.29, 1.82) is 0 Å². The summed E-state index contributed by atoms with van der Waals surface area (Å²) in [5.74, 6) is -0.519. The molecule has 0 unspecified atom stereocenters. The van der Waals surface area contributed by atoms with Gasteiger partial charge in [-0.3, -0.25) is 14.5 Å². The zero-order valence-corrected chi connectivity index (χ0v) is 17.2. The molecule has 1 saturated heterocycles. The van der Waals surface area contributed by atoms with E-state index >= 15 is 0 Å². The molecule has 29 heavy (non-hydrogen) atoms. The van der Waals surface area contributed by atoms with Crippen LogP contribution in [0.1, 0.15) is 37.8 Å². The number of hydrogen-bond acceptors (Lipinski definition) is 4. The van der Waals surface area contributed by atoms with Crippen molar-refractivity contribution in [2.24, 2.45) is 0 Å². The minimum absolute atomic E-state index is 0.202. The van der Waals surface area contributed by atoms with Gasteiger partial charge in [-0.25, -0.2) is 0 Å². The first-order valence-electron chi connectivity index (χ1n) is 10.3. The minimum atomic E-state index is -0.274. The summed E-state index contributed by atoms with van der Waals surface area (Å²) in [5.41, 5.74) is 4.65. The zero-order chi connectivity index (χ0) is 20.5. The van der Waals surface area contributed by atoms with Crippen LogP contribution in [0, 0.1) is 6.92 Å². The third-order valence-corrected chi connectivity index (χ3v) is 5.58. The number of anilines is 2. The molecule has 0 spiro atoms. The molecule has 5 nitrogen and oxygen atoms in total. The van der Waals surface area contributed by atoms with Crippen LogP contribution in [0.4, 0.5) is 11.4 Å². The second kappa shape index (κ2) is 7.74. The maximum atomic E-state index is 13.1. The summed E-state index contributed by atoms with van der Waals surface area (Å²) in [5, 5.41) is 3.24. The number of rotatable bonds is 5. The molecule has 0 radical (unpaired) electrons. The Hall–Kier alpha value is -3.08. The fourth-order valence-corrected chi connectivity index (χ4v) is 4.00. The normalized spacial score (nSPS) is 17.1. The molecule has 2 aliphatic rings. The lowest BCUT2D eigenvalue weighted by molar-refractivity contribution is -0.138. The molecule has 0 aromatic heterocycles. The number of amides is 2. The van der Waals surface area contributed by atoms with E-state index in [1.165, 1.54) is 23.4 Å². The molecule has 0 aliphatic carbocycles. The Morgan fingerprint density at radius 2 is 1.48 bits per heavy atom. The Labute approximate surface area is 172 Å². The fourth-order valence-electron chi connectivity index (χ4n) is 4.00. The van der Waals surface area contributed by atoms with Crippen molar-refractivity contribution in [3.05, 3.63) is 65.4 Å². The maximum absolute atomic E-state index is 13.1. The molecule has 0 bridgehead atoms. The molecule has 4 rings (SSSR count). The number of nitrogens with zero attached hydrogens (tertiary/aromatic N) is 2. The third kappa shape index (κ3) is 3.65. The van der Waals surface area contributed by atoms with Gasteiger partial charge in [0.25, 0.3) is 11.8 Å². The van der Waals surface area contributed by atoms with Crippen LogP contribution < -0.4 is 10.2 Å². The van der Waals surface area contributed by atoms with E-state index in [1.807, 2.05) is 57.2 Å². The topological polar surface area (TPSA) is 52.7 Å². The number of hydrogen-bond donors (Lipinski definition) is 1. The van der Waals surface area contributed by atoms with Gasteiger partial charge in [0, 0.05) is 30.5 Å². The first kappa shape index (κ1) is 19.2. The van der Waals surface area contributed by atoms with E-state index in [4.69, 9.17) is 0 Å². The van der Waals surface area contributed by atoms with Gasteiger partial charge in [-0.1, -0.05) is 29.8 Å². The standard InChI is InChI=1S/C24H27N3O2/c1-16(2)27-23(28)21(18-8-6-17(3)7-9-18)22(24(27)29)25-19-10-12-20(13-11-19)26-14-4-5-15-26/h6-13,16,25H,4-5,14-15H2,1-3H3. The number of carbonyl (C=O) groups is 2. The number of imide groups is 1. The molecule has 150 valence electrons. The summed E-state index contributed by atoms with van der Waals surface area (Å²) in [4.78, 5) is 29.8. The molecule has 2 aliphatic heterocycles. The average molecular weight is 389 g/mol. The zero-order valence-electron chi connectivity index (χ0n) is 17.2. The lowest BCUT2D eigenvalue weighted by atomic mass is 10.0. The van der Waals surface area contributed by atoms with Crippen LogP contribution >= 0.6 is 0 Å². The predicted molar refractivity (Wildman–Crippen MR) is 117 cm³/mol. The highest BCUT2D eigenvalue weighted by Gasteiger charge is 2.40. The second-order valence-electron chi connectivity index (χ2n) is 8.06. The van der Waals surface area contributed by atoms with Crippen molar-refractivity contribution in [3.63, 3.8) is 0 Å². The van der Waals surface area contributed by atoms with Crippen LogP contribution in [-0.2, 0) is 9.59 Å². The average Bonchev–Trinajstić information content (AvgIpc) is 3.31. The van der Waals surface area contributed by atoms with E-state index in [9.17, 15) is 9.59 Å². The molecule has 2 heterocycles. The van der Waals surface area contributed by atoms with Crippen molar-refractivity contribution in [2.45, 2.75) is 39.7 Å². The van der Waals surface area contributed by atoms with Gasteiger partial charge in [0.05, 0.1) is 5.57 Å². The van der Waals surface area contributed by atoms with Gasteiger partial charge in [-0.15, -0.1) is 0 Å². The van der Waals surface area contributed by atoms with E-state index in [1.54, 1.807) is 0 Å². The molecule has 1 N–H and O–H groups in total. The van der Waals surface area contributed by atoms with E-state index in [2.05, 4.69) is 22.3 Å². The second-order valence-corrected chi connectivity index (χ2v) is 8.06. The lowest BCUT2D eigenvalue weighted by Gasteiger charge is -2.19. The summed E-state index contributed by atoms with van der Waals surface area (Å²) < 4.78 is 0. The van der Waals surface area contributed by atoms with Crippen LogP contribution in [0.2, 0.25) is 0 Å². The smallest absolute Gasteiger partial charge is 0.278 e. The molecular weight excluding hydrogens is 362 g/mol. The SMILES string of the molecule is Cc1ccc(C2=C(Nc3ccc(N4CCCC4)cc3)C(=O)N(C(C)C)C2=O)cc1. The Morgan fingerprint density at radius 1 is 0.862 bits per heavy atom. The van der Waals surface area contributed by atoms with Gasteiger partial charge >= 0.3 is 0 Å². The van der Waals surface area contributed by atoms with Crippen LogP contribution in [0.5, 0.6) is 0 Å². The van der Waals surface area contributed by atoms with Crippen LogP contribution in [0.3, 0.4) is 0 Å². The Kier molecular flexibility index (Phi) is 5.14. The summed E-state index contributed by atoms with van der Waals surface area (Å²) in [6.07, 6.45) is 2.46. The first-order chi connectivity index (χ1) is 14.0. The first-order valence-corrected chi connectivity index (χ1v) is 10.3. The molecule has 1 fully saturated rings. The Balaban J connectivity index is 1.68. The van der Waals surface area contributed by atoms with Crippen molar-refractivity contribution in [3.8, 4) is 0 Å². The minimum Gasteiger partial charge on any atom is -0.372 e. The molecule has 5 heteroatoms. The molecule has 0 saturated carbocycles. The Morgan fingerprint density at radius 3 is 2.07 bits per heavy atom. The van der Waals surface area contributed by atoms with E-state index in [-0.39, 0.29) is 17.9 Å². The highest BCUT2D eigenvalue weighted by molar-refractivity contribution is 6.36. The lowest BCUT2D eigenvalue weighted by Crippen LogP contribution is -2.38. The quantitative estimate of drug-likeness (QED) is 0.779. The fraction of sp³-hybridized carbons (Fsp3) is 0.333. The van der Waals surface area contributed by atoms with E-state index in [0.29, 0.717) is 11.3 Å². The number of carbonyl (C=O) groups excluding carboxylic acids is 2. The molecule has 2 amide bonds. The van der Waals surface area contributed by atoms with Gasteiger partial charge < -0.3 is 10.2 Å². The van der Waals surface area contributed by atoms with Crippen molar-refractivity contribution in [1.82, 2.24) is 4.90 Å². The summed E-state index contributed by atoms with van der Waals surface area (Å²) in [6.45, 7) is 7.89. The molecule has 2 aromatic carbocycles. The van der Waals surface area contributed by atoms with Gasteiger partial charge in [0.15, 0.2) is 0 Å². The van der Waals surface area contributed by atoms with Crippen LogP contribution in [0.25, 0.3) is 5.57 Å².